The molecule has 1 heterocycles. The maximum Gasteiger partial charge on any atom is 0.103 e. The Morgan fingerprint density at radius 1 is 1.61 bits per heavy atom. The fraction of sp³-hybridized carbons (Fsp3) is 0.750. The second-order valence-corrected chi connectivity index (χ2v) is 4.72. The predicted octanol–water partition coefficient (Wildman–Crippen LogP) is 0.822. The van der Waals surface area contributed by atoms with Crippen molar-refractivity contribution in [3.63, 3.8) is 0 Å². The van der Waals surface area contributed by atoms with Gasteiger partial charge in [0, 0.05) is 7.11 Å². The molecule has 0 amide bonds. The van der Waals surface area contributed by atoms with Crippen LogP contribution in [0, 0.1) is 17.2 Å². The SMILES string of the molecule is COC(C)c1c(CC#N)nnn1CC(O)C1CC1. The lowest BCUT2D eigenvalue weighted by atomic mass is 10.1. The Kier molecular flexibility index (Phi) is 3.94. The van der Waals surface area contributed by atoms with Gasteiger partial charge in [-0.3, -0.25) is 0 Å². The van der Waals surface area contributed by atoms with Gasteiger partial charge in [0.15, 0.2) is 0 Å². The second kappa shape index (κ2) is 5.46. The van der Waals surface area contributed by atoms with E-state index in [1.54, 1.807) is 11.8 Å². The largest absolute Gasteiger partial charge is 0.391 e. The van der Waals surface area contributed by atoms with Crippen LogP contribution in [0.25, 0.3) is 0 Å². The van der Waals surface area contributed by atoms with Gasteiger partial charge in [-0.15, -0.1) is 5.10 Å². The summed E-state index contributed by atoms with van der Waals surface area (Å²) in [5, 5.41) is 26.8. The summed E-state index contributed by atoms with van der Waals surface area (Å²) < 4.78 is 6.96. The number of aromatic nitrogens is 3. The highest BCUT2D eigenvalue weighted by atomic mass is 16.5. The highest BCUT2D eigenvalue weighted by Crippen LogP contribution is 2.33. The summed E-state index contributed by atoms with van der Waals surface area (Å²) in [6.45, 7) is 2.31. The van der Waals surface area contributed by atoms with E-state index >= 15 is 0 Å². The van der Waals surface area contributed by atoms with Crippen LogP contribution in [0.1, 0.15) is 37.3 Å². The third-order valence-electron chi connectivity index (χ3n) is 3.36. The first-order valence-corrected chi connectivity index (χ1v) is 6.17. The Bertz CT molecular complexity index is 447. The Labute approximate surface area is 106 Å². The van der Waals surface area contributed by atoms with Gasteiger partial charge in [0.2, 0.25) is 0 Å². The number of nitrogens with zero attached hydrogens (tertiary/aromatic N) is 4. The Balaban J connectivity index is 2.19. The Morgan fingerprint density at radius 2 is 2.33 bits per heavy atom. The third kappa shape index (κ3) is 2.68. The molecule has 0 spiro atoms. The first kappa shape index (κ1) is 13.0. The van der Waals surface area contributed by atoms with Crippen molar-refractivity contribution >= 4 is 0 Å². The van der Waals surface area contributed by atoms with Gasteiger partial charge in [-0.05, 0) is 25.7 Å². The molecule has 6 heteroatoms. The minimum atomic E-state index is -0.385. The van der Waals surface area contributed by atoms with Crippen molar-refractivity contribution in [3.05, 3.63) is 11.4 Å². The zero-order chi connectivity index (χ0) is 13.1. The van der Waals surface area contributed by atoms with Crippen molar-refractivity contribution < 1.29 is 9.84 Å². The molecule has 1 aliphatic rings. The fourth-order valence-corrected chi connectivity index (χ4v) is 2.06. The molecule has 6 nitrogen and oxygen atoms in total. The van der Waals surface area contributed by atoms with Gasteiger partial charge in [-0.2, -0.15) is 5.26 Å². The summed E-state index contributed by atoms with van der Waals surface area (Å²) in [7, 11) is 1.61. The molecule has 0 saturated heterocycles. The van der Waals surface area contributed by atoms with E-state index in [1.807, 2.05) is 6.92 Å². The Morgan fingerprint density at radius 3 is 2.89 bits per heavy atom. The summed E-state index contributed by atoms with van der Waals surface area (Å²) in [5.74, 6) is 0.388. The van der Waals surface area contributed by atoms with Gasteiger partial charge in [0.05, 0.1) is 36.9 Å². The minimum absolute atomic E-state index is 0.185. The van der Waals surface area contributed by atoms with Gasteiger partial charge < -0.3 is 9.84 Å². The van der Waals surface area contributed by atoms with E-state index in [0.29, 0.717) is 18.2 Å². The Hall–Kier alpha value is -1.45. The number of nitriles is 1. The van der Waals surface area contributed by atoms with Gasteiger partial charge in [0.25, 0.3) is 0 Å². The molecule has 2 unspecified atom stereocenters. The van der Waals surface area contributed by atoms with Gasteiger partial charge in [-0.1, -0.05) is 5.21 Å². The quantitative estimate of drug-likeness (QED) is 0.808. The highest BCUT2D eigenvalue weighted by molar-refractivity contribution is 5.16. The van der Waals surface area contributed by atoms with Crippen molar-refractivity contribution in [1.29, 1.82) is 5.26 Å². The van der Waals surface area contributed by atoms with E-state index in [4.69, 9.17) is 10.00 Å². The first-order valence-electron chi connectivity index (χ1n) is 6.17. The van der Waals surface area contributed by atoms with E-state index in [2.05, 4.69) is 16.4 Å². The van der Waals surface area contributed by atoms with Crippen molar-refractivity contribution in [2.24, 2.45) is 5.92 Å². The molecule has 98 valence electrons. The zero-order valence-corrected chi connectivity index (χ0v) is 10.7. The molecule has 2 rings (SSSR count). The molecule has 18 heavy (non-hydrogen) atoms. The van der Waals surface area contributed by atoms with Crippen LogP contribution in [0.2, 0.25) is 0 Å². The van der Waals surface area contributed by atoms with Crippen LogP contribution in [0.3, 0.4) is 0 Å². The second-order valence-electron chi connectivity index (χ2n) is 4.72. The molecular weight excluding hydrogens is 232 g/mol. The van der Waals surface area contributed by atoms with Crippen LogP contribution in [-0.4, -0.2) is 33.3 Å². The number of rotatable bonds is 6. The van der Waals surface area contributed by atoms with Crippen molar-refractivity contribution in [3.8, 4) is 6.07 Å². The van der Waals surface area contributed by atoms with Crippen LogP contribution in [-0.2, 0) is 17.7 Å². The van der Waals surface area contributed by atoms with E-state index in [9.17, 15) is 5.11 Å². The van der Waals surface area contributed by atoms with Crippen molar-refractivity contribution in [2.75, 3.05) is 7.11 Å². The number of hydrogen-bond donors (Lipinski definition) is 1. The smallest absolute Gasteiger partial charge is 0.103 e. The first-order chi connectivity index (χ1) is 8.67. The molecule has 0 bridgehead atoms. The molecule has 0 aliphatic heterocycles. The lowest BCUT2D eigenvalue weighted by Gasteiger charge is -2.15. The van der Waals surface area contributed by atoms with Crippen LogP contribution in [0.4, 0.5) is 0 Å². The molecule has 2 atom stereocenters. The minimum Gasteiger partial charge on any atom is -0.391 e. The summed E-state index contributed by atoms with van der Waals surface area (Å²) in [6, 6.07) is 2.07. The standard InChI is InChI=1S/C12H18N4O2/c1-8(18-2)12-10(5-6-13)14-15-16(12)7-11(17)9-3-4-9/h8-9,11,17H,3-5,7H2,1-2H3. The number of aliphatic hydroxyl groups is 1. The fourth-order valence-electron chi connectivity index (χ4n) is 2.06. The molecule has 0 radical (unpaired) electrons. The van der Waals surface area contributed by atoms with Crippen molar-refractivity contribution in [1.82, 2.24) is 15.0 Å². The van der Waals surface area contributed by atoms with Gasteiger partial charge in [-0.25, -0.2) is 4.68 Å². The summed E-state index contributed by atoms with van der Waals surface area (Å²) in [4.78, 5) is 0. The van der Waals surface area contributed by atoms with E-state index in [-0.39, 0.29) is 18.6 Å². The van der Waals surface area contributed by atoms with E-state index in [0.717, 1.165) is 18.5 Å². The van der Waals surface area contributed by atoms with Crippen LogP contribution >= 0.6 is 0 Å². The lowest BCUT2D eigenvalue weighted by Crippen LogP contribution is -2.21. The molecule has 1 aromatic rings. The molecule has 0 aromatic carbocycles. The summed E-state index contributed by atoms with van der Waals surface area (Å²) in [6.07, 6.45) is 1.80. The summed E-state index contributed by atoms with van der Waals surface area (Å²) >= 11 is 0. The monoisotopic (exact) mass is 250 g/mol. The average molecular weight is 250 g/mol. The third-order valence-corrected chi connectivity index (χ3v) is 3.36. The van der Waals surface area contributed by atoms with Crippen LogP contribution < -0.4 is 0 Å². The molecular formula is C12H18N4O2. The summed E-state index contributed by atoms with van der Waals surface area (Å²) in [5.41, 5.74) is 1.42. The van der Waals surface area contributed by atoms with E-state index in [1.165, 1.54) is 0 Å². The molecule has 1 fully saturated rings. The number of methoxy groups -OCH3 is 1. The number of hydrogen-bond acceptors (Lipinski definition) is 5. The maximum atomic E-state index is 9.97. The average Bonchev–Trinajstić information content (AvgIpc) is 3.14. The highest BCUT2D eigenvalue weighted by Gasteiger charge is 2.31. The predicted molar refractivity (Wildman–Crippen MR) is 63.5 cm³/mol. The van der Waals surface area contributed by atoms with Gasteiger partial charge >= 0.3 is 0 Å². The molecule has 1 saturated carbocycles. The lowest BCUT2D eigenvalue weighted by molar-refractivity contribution is 0.0963. The van der Waals surface area contributed by atoms with Gasteiger partial charge in [0.1, 0.15) is 5.69 Å². The number of aliphatic hydroxyl groups excluding tert-OH is 1. The van der Waals surface area contributed by atoms with Crippen molar-refractivity contribution in [2.45, 2.75) is 44.9 Å². The number of ether oxygens (including phenoxy) is 1. The zero-order valence-electron chi connectivity index (χ0n) is 10.7. The van der Waals surface area contributed by atoms with Crippen LogP contribution in [0.5, 0.6) is 0 Å². The molecule has 1 N–H and O–H groups in total. The topological polar surface area (TPSA) is 84.0 Å². The van der Waals surface area contributed by atoms with E-state index < -0.39 is 0 Å². The molecule has 1 aromatic heterocycles. The normalized spacial score (nSPS) is 18.3. The maximum absolute atomic E-state index is 9.97. The van der Waals surface area contributed by atoms with Crippen LogP contribution in [0.15, 0.2) is 0 Å². The molecule has 1 aliphatic carbocycles.